The molecule has 0 fully saturated rings. The van der Waals surface area contributed by atoms with Crippen LogP contribution in [0.5, 0.6) is 0 Å². The zero-order valence-corrected chi connectivity index (χ0v) is 42.0. The lowest BCUT2D eigenvalue weighted by molar-refractivity contribution is -0.929. The van der Waals surface area contributed by atoms with Crippen molar-refractivity contribution in [2.24, 2.45) is 4.99 Å². The molecule has 0 atom stereocenters. The first-order valence-corrected chi connectivity index (χ1v) is 22.2. The van der Waals surface area contributed by atoms with Crippen molar-refractivity contribution in [2.45, 2.75) is 121 Å². The van der Waals surface area contributed by atoms with Crippen LogP contribution in [0.15, 0.2) is 126 Å². The Kier molecular flexibility index (Phi) is 43.3. The summed E-state index contributed by atoms with van der Waals surface area (Å²) in [5.74, 6) is -0.110. The van der Waals surface area contributed by atoms with Gasteiger partial charge in [-0.3, -0.25) is 14.6 Å². The van der Waals surface area contributed by atoms with Crippen LogP contribution in [0.3, 0.4) is 0 Å². The van der Waals surface area contributed by atoms with Gasteiger partial charge in [0.2, 0.25) is 0 Å². The summed E-state index contributed by atoms with van der Waals surface area (Å²) in [6.45, 7) is 25.1. The number of nitrogens with one attached hydrogen (secondary N) is 1. The molecule has 354 valence electrons. The molecule has 0 amide bonds. The first kappa shape index (κ1) is 66.2. The van der Waals surface area contributed by atoms with Crippen LogP contribution in [0.25, 0.3) is 10.8 Å². The van der Waals surface area contributed by atoms with E-state index < -0.39 is 0 Å². The second-order valence-corrected chi connectivity index (χ2v) is 14.9. The van der Waals surface area contributed by atoms with Crippen LogP contribution >= 0.6 is 22.3 Å². The number of anilines is 1. The second kappa shape index (κ2) is 41.3. The first-order valence-electron chi connectivity index (χ1n) is 22.2. The van der Waals surface area contributed by atoms with Gasteiger partial charge in [0.25, 0.3) is 0 Å². The molecule has 1 N–H and O–H groups in total. The number of Topliss-reactive ketones (excluding diaryl/α,β-unsaturated/α-hetero) is 2. The predicted molar refractivity (Wildman–Crippen MR) is 283 cm³/mol. The van der Waals surface area contributed by atoms with Crippen LogP contribution in [0.4, 0.5) is 11.4 Å². The molecule has 0 unspecified atom stereocenters. The van der Waals surface area contributed by atoms with E-state index >= 15 is 0 Å². The van der Waals surface area contributed by atoms with Crippen LogP contribution in [0, 0.1) is 0 Å². The fraction of sp³-hybridized carbons (Fsp3) is 0.463. The molecule has 1 aliphatic rings. The molecule has 0 aromatic heterocycles. The molecule has 0 saturated heterocycles. The molecule has 1 aliphatic carbocycles. The molecule has 4 aromatic carbocycles. The third-order valence-corrected chi connectivity index (χ3v) is 10.5. The highest BCUT2D eigenvalue weighted by Gasteiger charge is 2.27. The van der Waals surface area contributed by atoms with E-state index in [1.165, 1.54) is 102 Å². The van der Waals surface area contributed by atoms with Crippen LogP contribution in [-0.4, -0.2) is 73.0 Å². The maximum absolute atomic E-state index is 11.5. The topological polar surface area (TPSA) is 61.8 Å². The number of hydrogen-bond acceptors (Lipinski definition) is 5. The molecule has 0 saturated carbocycles. The van der Waals surface area contributed by atoms with Crippen molar-refractivity contribution < 1.29 is 31.1 Å². The average molecular weight is 970 g/mol. The first-order chi connectivity index (χ1) is 28.3. The number of hydrogen-bond donors (Lipinski definition) is 1. The Morgan fingerprint density at radius 3 is 1.37 bits per heavy atom. The Morgan fingerprint density at radius 2 is 0.984 bits per heavy atom. The van der Waals surface area contributed by atoms with Crippen molar-refractivity contribution in [1.29, 1.82) is 0 Å². The van der Waals surface area contributed by atoms with Gasteiger partial charge in [-0.25, -0.2) is 0 Å². The Morgan fingerprint density at radius 1 is 0.587 bits per heavy atom. The summed E-state index contributed by atoms with van der Waals surface area (Å²) in [6, 6.07) is 31.3. The van der Waals surface area contributed by atoms with Gasteiger partial charge < -0.3 is 41.6 Å². The van der Waals surface area contributed by atoms with Gasteiger partial charge in [-0.15, -0.1) is 12.4 Å². The largest absolute Gasteiger partial charge is 1.00 e. The standard InChI is InChI=1S/C17H16N2.C16H36N.C13H8O2.C6H15N.2CH4.BrH.ClH.H2P/c1-4-10-16(11-5-1)18-14-8-3-9-15-19-17-12-6-2-7-13-17;1-5-9-13-17(14-10-6-2,15-11-7-3)16-12-8-4;14-12-7-13(15)11-6-9-4-2-1-3-8(9)5-10(11)12;1-4-7(5-2)6-3;;;;;/h1-15,18H;5-16H2,1-4H3;1-6H,7H2;4-6H2,1-3H3;2*1H4;2*1H;1H2/q;+1;;;;;;;-1/p-1. The Labute approximate surface area is 405 Å². The third kappa shape index (κ3) is 26.8. The molecule has 0 heterocycles. The summed E-state index contributed by atoms with van der Waals surface area (Å²) in [5, 5.41) is 5.20. The zero-order valence-electron chi connectivity index (χ0n) is 38.5. The molecule has 5 rings (SSSR count). The van der Waals surface area contributed by atoms with Crippen molar-refractivity contribution >= 4 is 62.2 Å². The number of para-hydroxylation sites is 2. The smallest absolute Gasteiger partial charge is 0.171 e. The molecule has 0 aliphatic heterocycles. The van der Waals surface area contributed by atoms with Crippen molar-refractivity contribution in [3.05, 3.63) is 133 Å². The minimum atomic E-state index is -0.0549. The third-order valence-electron chi connectivity index (χ3n) is 10.5. The highest BCUT2D eigenvalue weighted by Crippen LogP contribution is 2.27. The Hall–Kier alpha value is -3.45. The van der Waals surface area contributed by atoms with Crippen LogP contribution in [0.1, 0.15) is 142 Å². The molecule has 63 heavy (non-hydrogen) atoms. The van der Waals surface area contributed by atoms with E-state index in [1.807, 2.05) is 121 Å². The van der Waals surface area contributed by atoms with Crippen molar-refractivity contribution in [2.75, 3.05) is 51.1 Å². The number of carbonyl (C=O) groups is 2. The number of quaternary nitrogens is 1. The summed E-state index contributed by atoms with van der Waals surface area (Å²) >= 11 is 0. The van der Waals surface area contributed by atoms with E-state index in [1.54, 1.807) is 6.21 Å². The molecular weight excluding hydrogens is 883 g/mol. The number of ketones is 2. The van der Waals surface area contributed by atoms with Gasteiger partial charge in [0.15, 0.2) is 11.6 Å². The van der Waals surface area contributed by atoms with Crippen molar-refractivity contribution in [1.82, 2.24) is 4.90 Å². The minimum absolute atomic E-state index is 0. The number of carbonyl (C=O) groups excluding carboxylic acids is 2. The number of rotatable bonds is 20. The number of nitrogens with zero attached hydrogens (tertiary/aromatic N) is 3. The maximum Gasteiger partial charge on any atom is 0.171 e. The SMILES string of the molecule is C.C.C(=CC=Nc1ccccc1)C=CNc1ccccc1.CCCC[N+](CCCC)(CCCC)CCCC.CCN(CC)CC.Cl.O=C1CC(=O)c2cc3ccccc3cc21.[Br-].[PH2-]. The van der Waals surface area contributed by atoms with Gasteiger partial charge in [0.1, 0.15) is 0 Å². The number of unbranched alkanes of at least 4 members (excludes halogenated alkanes) is 4. The van der Waals surface area contributed by atoms with Gasteiger partial charge in [0.05, 0.1) is 38.3 Å². The maximum atomic E-state index is 11.5. The van der Waals surface area contributed by atoms with E-state index in [4.69, 9.17) is 0 Å². The number of halogens is 2. The lowest BCUT2D eigenvalue weighted by Crippen LogP contribution is -3.00. The molecule has 4 aromatic rings. The molecule has 0 radical (unpaired) electrons. The van der Waals surface area contributed by atoms with Gasteiger partial charge in [-0.1, -0.05) is 156 Å². The summed E-state index contributed by atoms with van der Waals surface area (Å²) in [7, 11) is 0. The molecule has 0 bridgehead atoms. The lowest BCUT2D eigenvalue weighted by Gasteiger charge is -2.39. The summed E-state index contributed by atoms with van der Waals surface area (Å²) in [6.07, 6.45) is 20.5. The van der Waals surface area contributed by atoms with Crippen molar-refractivity contribution in [3.63, 3.8) is 0 Å². The summed E-state index contributed by atoms with van der Waals surface area (Å²) < 4.78 is 1.42. The van der Waals surface area contributed by atoms with Crippen molar-refractivity contribution in [3.8, 4) is 0 Å². The number of aliphatic imine (C=N–C) groups is 1. The fourth-order valence-corrected chi connectivity index (χ4v) is 6.84. The Balaban J connectivity index is -0.000000373. The number of fused-ring (bicyclic) bond motifs is 2. The monoisotopic (exact) mass is 968 g/mol. The number of allylic oxidation sites excluding steroid dienone is 3. The zero-order chi connectivity index (χ0) is 42.3. The van der Waals surface area contributed by atoms with Gasteiger partial charge in [-0.2, -0.15) is 0 Å². The van der Waals surface area contributed by atoms with Crippen LogP contribution in [-0.2, 0) is 0 Å². The summed E-state index contributed by atoms with van der Waals surface area (Å²) in [4.78, 5) is 29.7. The molecule has 6 nitrogen and oxygen atoms in total. The quantitative estimate of drug-likeness (QED) is 0.0315. The lowest BCUT2D eigenvalue weighted by atomic mass is 10.0. The average Bonchev–Trinajstić information content (AvgIpc) is 3.54. The fourth-order valence-electron chi connectivity index (χ4n) is 6.84. The van der Waals surface area contributed by atoms with Gasteiger partial charge in [-0.05, 0) is 105 Å². The molecule has 9 heteroatoms. The van der Waals surface area contributed by atoms with Crippen LogP contribution in [0.2, 0.25) is 0 Å². The van der Waals surface area contributed by atoms with Gasteiger partial charge >= 0.3 is 0 Å². The highest BCUT2D eigenvalue weighted by molar-refractivity contribution is 6.92. The van der Waals surface area contributed by atoms with Gasteiger partial charge in [0, 0.05) is 29.2 Å². The second-order valence-electron chi connectivity index (χ2n) is 14.9. The van der Waals surface area contributed by atoms with E-state index in [2.05, 4.69) is 63.7 Å². The van der Waals surface area contributed by atoms with E-state index in [9.17, 15) is 9.59 Å². The number of benzene rings is 4. The Bertz CT molecular complexity index is 1700. The normalized spacial score (nSPS) is 11.4. The predicted octanol–water partition coefficient (Wildman–Crippen LogP) is 12.6. The van der Waals surface area contributed by atoms with E-state index in [0.29, 0.717) is 11.1 Å². The van der Waals surface area contributed by atoms with E-state index in [0.717, 1.165) is 22.1 Å². The minimum Gasteiger partial charge on any atom is -1.00 e. The van der Waals surface area contributed by atoms with E-state index in [-0.39, 0.29) is 72.1 Å². The summed E-state index contributed by atoms with van der Waals surface area (Å²) in [5.41, 5.74) is 3.20. The highest BCUT2D eigenvalue weighted by atomic mass is 79.9. The molecule has 0 spiro atoms. The molecular formula is C54H86BrClN4O2P-. The van der Waals surface area contributed by atoms with Crippen LogP contribution < -0.4 is 22.3 Å².